The Hall–Kier alpha value is -1.52. The first-order valence-electron chi connectivity index (χ1n) is 6.81. The molecular weight excluding hydrogens is 270 g/mol. The first-order chi connectivity index (χ1) is 9.79. The Morgan fingerprint density at radius 1 is 1.15 bits per heavy atom. The van der Waals surface area contributed by atoms with Crippen molar-refractivity contribution in [3.05, 3.63) is 46.7 Å². The van der Waals surface area contributed by atoms with Crippen molar-refractivity contribution in [2.45, 2.75) is 19.4 Å². The summed E-state index contributed by atoms with van der Waals surface area (Å²) in [5.41, 5.74) is 0. The number of para-hydroxylation sites is 2. The predicted octanol–water partition coefficient (Wildman–Crippen LogP) is 3.36. The Morgan fingerprint density at radius 3 is 2.65 bits per heavy atom. The van der Waals surface area contributed by atoms with E-state index in [2.05, 4.69) is 29.8 Å². The van der Waals surface area contributed by atoms with E-state index in [1.807, 2.05) is 24.3 Å². The highest BCUT2D eigenvalue weighted by Gasteiger charge is 2.05. The van der Waals surface area contributed by atoms with Crippen molar-refractivity contribution < 1.29 is 9.47 Å². The van der Waals surface area contributed by atoms with Crippen LogP contribution in [0.1, 0.15) is 11.8 Å². The second-order valence-electron chi connectivity index (χ2n) is 4.64. The zero-order valence-electron chi connectivity index (χ0n) is 12.0. The molecule has 3 nitrogen and oxygen atoms in total. The Balaban J connectivity index is 1.68. The van der Waals surface area contributed by atoms with Crippen molar-refractivity contribution in [3.63, 3.8) is 0 Å². The normalized spacial score (nSPS) is 12.1. The maximum atomic E-state index is 5.73. The van der Waals surface area contributed by atoms with Crippen LogP contribution in [0.5, 0.6) is 11.5 Å². The minimum absolute atomic E-state index is 0.454. The molecule has 0 fully saturated rings. The minimum atomic E-state index is 0.454. The second-order valence-corrected chi connectivity index (χ2v) is 5.67. The fourth-order valence-electron chi connectivity index (χ4n) is 2.01. The maximum absolute atomic E-state index is 5.73. The van der Waals surface area contributed by atoms with Gasteiger partial charge in [-0.05, 0) is 36.9 Å². The van der Waals surface area contributed by atoms with Crippen molar-refractivity contribution in [1.82, 2.24) is 5.32 Å². The van der Waals surface area contributed by atoms with E-state index in [1.54, 1.807) is 18.4 Å². The van der Waals surface area contributed by atoms with Crippen molar-refractivity contribution in [2.75, 3.05) is 20.3 Å². The van der Waals surface area contributed by atoms with Crippen LogP contribution in [0.3, 0.4) is 0 Å². The fraction of sp³-hybridized carbons (Fsp3) is 0.375. The van der Waals surface area contributed by atoms with Crippen LogP contribution in [-0.4, -0.2) is 26.3 Å². The number of hydrogen-bond acceptors (Lipinski definition) is 4. The first-order valence-corrected chi connectivity index (χ1v) is 7.69. The number of hydrogen-bond donors (Lipinski definition) is 1. The van der Waals surface area contributed by atoms with Crippen LogP contribution in [0.25, 0.3) is 0 Å². The third kappa shape index (κ3) is 4.54. The van der Waals surface area contributed by atoms with Crippen LogP contribution in [0.2, 0.25) is 0 Å². The van der Waals surface area contributed by atoms with Crippen molar-refractivity contribution >= 4 is 11.3 Å². The van der Waals surface area contributed by atoms with Gasteiger partial charge in [-0.3, -0.25) is 0 Å². The van der Waals surface area contributed by atoms with Crippen LogP contribution in [-0.2, 0) is 6.42 Å². The molecule has 0 aliphatic heterocycles. The summed E-state index contributed by atoms with van der Waals surface area (Å²) in [5.74, 6) is 1.57. The molecule has 0 saturated heterocycles. The molecule has 1 aromatic heterocycles. The number of benzene rings is 1. The smallest absolute Gasteiger partial charge is 0.161 e. The number of methoxy groups -OCH3 is 1. The largest absolute Gasteiger partial charge is 0.493 e. The standard InChI is InChI=1S/C16H21NO2S/c1-13(12-14-6-5-11-20-14)17-9-10-19-16-8-4-3-7-15(16)18-2/h3-8,11,13,17H,9-10,12H2,1-2H3. The fourth-order valence-corrected chi connectivity index (χ4v) is 2.84. The summed E-state index contributed by atoms with van der Waals surface area (Å²) >= 11 is 1.80. The maximum Gasteiger partial charge on any atom is 0.161 e. The molecule has 4 heteroatoms. The van der Waals surface area contributed by atoms with Crippen molar-refractivity contribution in [2.24, 2.45) is 0 Å². The summed E-state index contributed by atoms with van der Waals surface area (Å²) < 4.78 is 11.0. The van der Waals surface area contributed by atoms with Gasteiger partial charge in [-0.15, -0.1) is 11.3 Å². The van der Waals surface area contributed by atoms with Gasteiger partial charge >= 0.3 is 0 Å². The van der Waals surface area contributed by atoms with Crippen LogP contribution < -0.4 is 14.8 Å². The van der Waals surface area contributed by atoms with Gasteiger partial charge in [0, 0.05) is 17.5 Å². The predicted molar refractivity (Wildman–Crippen MR) is 84.0 cm³/mol. The van der Waals surface area contributed by atoms with Gasteiger partial charge in [0.15, 0.2) is 11.5 Å². The van der Waals surface area contributed by atoms with Crippen molar-refractivity contribution in [1.29, 1.82) is 0 Å². The third-order valence-corrected chi connectivity index (χ3v) is 3.91. The van der Waals surface area contributed by atoms with E-state index >= 15 is 0 Å². The molecule has 1 heterocycles. The van der Waals surface area contributed by atoms with Gasteiger partial charge in [-0.25, -0.2) is 0 Å². The topological polar surface area (TPSA) is 30.5 Å². The summed E-state index contributed by atoms with van der Waals surface area (Å²) in [7, 11) is 1.66. The molecule has 108 valence electrons. The Morgan fingerprint density at radius 2 is 1.95 bits per heavy atom. The average molecular weight is 291 g/mol. The number of ether oxygens (including phenoxy) is 2. The van der Waals surface area contributed by atoms with Crippen molar-refractivity contribution in [3.8, 4) is 11.5 Å². The summed E-state index contributed by atoms with van der Waals surface area (Å²) in [5, 5.41) is 5.59. The third-order valence-electron chi connectivity index (χ3n) is 3.01. The van der Waals surface area contributed by atoms with Gasteiger partial charge in [0.05, 0.1) is 7.11 Å². The summed E-state index contributed by atoms with van der Waals surface area (Å²) in [6.07, 6.45) is 1.06. The molecule has 1 N–H and O–H groups in total. The molecule has 2 rings (SSSR count). The van der Waals surface area contributed by atoms with Gasteiger partial charge in [0.25, 0.3) is 0 Å². The minimum Gasteiger partial charge on any atom is -0.493 e. The van der Waals surface area contributed by atoms with E-state index in [0.29, 0.717) is 12.6 Å². The molecule has 1 unspecified atom stereocenters. The molecule has 20 heavy (non-hydrogen) atoms. The summed E-state index contributed by atoms with van der Waals surface area (Å²) in [6.45, 7) is 3.66. The second kappa shape index (κ2) is 7.92. The molecule has 0 aliphatic rings. The Kier molecular flexibility index (Phi) is 5.89. The van der Waals surface area contributed by atoms with Gasteiger partial charge < -0.3 is 14.8 Å². The molecule has 0 amide bonds. The monoisotopic (exact) mass is 291 g/mol. The van der Waals surface area contributed by atoms with Crippen LogP contribution in [0.15, 0.2) is 41.8 Å². The summed E-state index contributed by atoms with van der Waals surface area (Å²) in [6, 6.07) is 12.4. The quantitative estimate of drug-likeness (QED) is 0.757. The number of rotatable bonds is 8. The zero-order valence-corrected chi connectivity index (χ0v) is 12.8. The first kappa shape index (κ1) is 14.9. The highest BCUT2D eigenvalue weighted by Crippen LogP contribution is 2.25. The van der Waals surface area contributed by atoms with E-state index in [-0.39, 0.29) is 0 Å². The average Bonchev–Trinajstić information content (AvgIpc) is 2.97. The lowest BCUT2D eigenvalue weighted by Crippen LogP contribution is -2.31. The molecule has 0 bridgehead atoms. The SMILES string of the molecule is COc1ccccc1OCCNC(C)Cc1cccs1. The lowest BCUT2D eigenvalue weighted by atomic mass is 10.2. The summed E-state index contributed by atoms with van der Waals surface area (Å²) in [4.78, 5) is 1.41. The molecule has 0 radical (unpaired) electrons. The molecule has 2 aromatic rings. The van der Waals surface area contributed by atoms with Crippen LogP contribution in [0, 0.1) is 0 Å². The number of nitrogens with one attached hydrogen (secondary N) is 1. The van der Waals surface area contributed by atoms with Crippen LogP contribution >= 0.6 is 11.3 Å². The van der Waals surface area contributed by atoms with E-state index in [4.69, 9.17) is 9.47 Å². The lowest BCUT2D eigenvalue weighted by Gasteiger charge is -2.14. The number of thiophene rings is 1. The van der Waals surface area contributed by atoms with E-state index in [9.17, 15) is 0 Å². The van der Waals surface area contributed by atoms with E-state index < -0.39 is 0 Å². The lowest BCUT2D eigenvalue weighted by molar-refractivity contribution is 0.287. The van der Waals surface area contributed by atoms with Gasteiger partial charge in [0.2, 0.25) is 0 Å². The van der Waals surface area contributed by atoms with Gasteiger partial charge in [-0.2, -0.15) is 0 Å². The van der Waals surface area contributed by atoms with E-state index in [1.165, 1.54) is 4.88 Å². The molecule has 1 atom stereocenters. The Bertz CT molecular complexity index is 499. The van der Waals surface area contributed by atoms with Gasteiger partial charge in [0.1, 0.15) is 6.61 Å². The van der Waals surface area contributed by atoms with Crippen LogP contribution in [0.4, 0.5) is 0 Å². The molecule has 0 spiro atoms. The zero-order chi connectivity index (χ0) is 14.2. The highest BCUT2D eigenvalue weighted by molar-refractivity contribution is 7.09. The Labute approximate surface area is 124 Å². The molecular formula is C16H21NO2S. The molecule has 1 aromatic carbocycles. The highest BCUT2D eigenvalue weighted by atomic mass is 32.1. The molecule has 0 saturated carbocycles. The van der Waals surface area contributed by atoms with Gasteiger partial charge in [-0.1, -0.05) is 18.2 Å². The van der Waals surface area contributed by atoms with E-state index in [0.717, 1.165) is 24.5 Å². The molecule has 0 aliphatic carbocycles.